The highest BCUT2D eigenvalue weighted by Gasteiger charge is 2.30. The van der Waals surface area contributed by atoms with Crippen molar-refractivity contribution in [1.82, 2.24) is 4.90 Å². The summed E-state index contributed by atoms with van der Waals surface area (Å²) in [5, 5.41) is 0. The standard InChI is InChI=1S/C15H21NO/c1-12-8-15(11-17)9-13(2)16(12)10-14-6-4-3-5-7-14/h3-7,11-13,15H,8-10H2,1-2H3. The first kappa shape index (κ1) is 12.3. The highest BCUT2D eigenvalue weighted by molar-refractivity contribution is 5.53. The average Bonchev–Trinajstić information content (AvgIpc) is 2.35. The van der Waals surface area contributed by atoms with Crippen molar-refractivity contribution in [2.24, 2.45) is 5.92 Å². The van der Waals surface area contributed by atoms with Crippen molar-refractivity contribution in [3.63, 3.8) is 0 Å². The molecule has 0 saturated carbocycles. The second-order valence-corrected chi connectivity index (χ2v) is 5.22. The number of piperidine rings is 1. The largest absolute Gasteiger partial charge is 0.303 e. The normalized spacial score (nSPS) is 30.1. The molecular formula is C15H21NO. The van der Waals surface area contributed by atoms with E-state index in [0.29, 0.717) is 12.1 Å². The van der Waals surface area contributed by atoms with Gasteiger partial charge in [-0.25, -0.2) is 0 Å². The molecule has 92 valence electrons. The predicted octanol–water partition coefficient (Wildman–Crippen LogP) is 2.87. The Morgan fingerprint density at radius 3 is 2.29 bits per heavy atom. The summed E-state index contributed by atoms with van der Waals surface area (Å²) in [7, 11) is 0. The summed E-state index contributed by atoms with van der Waals surface area (Å²) in [6.45, 7) is 5.46. The lowest BCUT2D eigenvalue weighted by atomic mass is 9.88. The van der Waals surface area contributed by atoms with Crippen LogP contribution in [-0.4, -0.2) is 23.3 Å². The molecule has 0 N–H and O–H groups in total. The van der Waals surface area contributed by atoms with Gasteiger partial charge in [-0.2, -0.15) is 0 Å². The minimum absolute atomic E-state index is 0.257. The fourth-order valence-corrected chi connectivity index (χ4v) is 2.89. The molecule has 2 atom stereocenters. The smallest absolute Gasteiger partial charge is 0.123 e. The molecule has 1 heterocycles. The van der Waals surface area contributed by atoms with Crippen LogP contribution in [0.4, 0.5) is 0 Å². The van der Waals surface area contributed by atoms with E-state index in [1.54, 1.807) is 0 Å². The molecule has 2 heteroatoms. The van der Waals surface area contributed by atoms with Crippen LogP contribution in [0, 0.1) is 5.92 Å². The molecule has 0 amide bonds. The quantitative estimate of drug-likeness (QED) is 0.746. The number of nitrogens with zero attached hydrogens (tertiary/aromatic N) is 1. The summed E-state index contributed by atoms with van der Waals surface area (Å²) in [6, 6.07) is 11.6. The van der Waals surface area contributed by atoms with E-state index in [9.17, 15) is 4.79 Å². The van der Waals surface area contributed by atoms with Crippen LogP contribution in [0.2, 0.25) is 0 Å². The van der Waals surface area contributed by atoms with Crippen molar-refractivity contribution in [3.8, 4) is 0 Å². The maximum absolute atomic E-state index is 10.9. The first-order valence-corrected chi connectivity index (χ1v) is 6.45. The van der Waals surface area contributed by atoms with Crippen LogP contribution in [0.15, 0.2) is 30.3 Å². The van der Waals surface area contributed by atoms with Crippen LogP contribution < -0.4 is 0 Å². The molecule has 2 unspecified atom stereocenters. The second kappa shape index (κ2) is 5.46. The monoisotopic (exact) mass is 231 g/mol. The summed E-state index contributed by atoms with van der Waals surface area (Å²) in [5.74, 6) is 0.257. The zero-order chi connectivity index (χ0) is 12.3. The molecule has 0 spiro atoms. The predicted molar refractivity (Wildman–Crippen MR) is 69.7 cm³/mol. The molecular weight excluding hydrogens is 210 g/mol. The van der Waals surface area contributed by atoms with Gasteiger partial charge < -0.3 is 4.79 Å². The van der Waals surface area contributed by atoms with E-state index in [0.717, 1.165) is 25.7 Å². The molecule has 1 aromatic carbocycles. The molecule has 0 aromatic heterocycles. The first-order chi connectivity index (χ1) is 8.20. The van der Waals surface area contributed by atoms with Crippen LogP contribution in [0.25, 0.3) is 0 Å². The second-order valence-electron chi connectivity index (χ2n) is 5.22. The lowest BCUT2D eigenvalue weighted by molar-refractivity contribution is -0.113. The van der Waals surface area contributed by atoms with Crippen molar-refractivity contribution in [3.05, 3.63) is 35.9 Å². The number of aldehydes is 1. The van der Waals surface area contributed by atoms with Gasteiger partial charge >= 0.3 is 0 Å². The third kappa shape index (κ3) is 2.95. The van der Waals surface area contributed by atoms with Crippen LogP contribution >= 0.6 is 0 Å². The van der Waals surface area contributed by atoms with E-state index >= 15 is 0 Å². The molecule has 0 radical (unpaired) electrons. The van der Waals surface area contributed by atoms with E-state index < -0.39 is 0 Å². The average molecular weight is 231 g/mol. The molecule has 17 heavy (non-hydrogen) atoms. The Labute approximate surface area is 104 Å². The number of hydrogen-bond acceptors (Lipinski definition) is 2. The topological polar surface area (TPSA) is 20.3 Å². The number of likely N-dealkylation sites (tertiary alicyclic amines) is 1. The van der Waals surface area contributed by atoms with Crippen LogP contribution in [0.3, 0.4) is 0 Å². The Morgan fingerprint density at radius 1 is 1.18 bits per heavy atom. The van der Waals surface area contributed by atoms with Gasteiger partial charge in [0.1, 0.15) is 6.29 Å². The third-order valence-electron chi connectivity index (χ3n) is 3.82. The molecule has 1 aliphatic rings. The van der Waals surface area contributed by atoms with Crippen molar-refractivity contribution >= 4 is 6.29 Å². The van der Waals surface area contributed by atoms with E-state index in [4.69, 9.17) is 0 Å². The summed E-state index contributed by atoms with van der Waals surface area (Å²) in [5.41, 5.74) is 1.36. The van der Waals surface area contributed by atoms with Crippen LogP contribution in [0.1, 0.15) is 32.3 Å². The van der Waals surface area contributed by atoms with Gasteiger partial charge in [-0.15, -0.1) is 0 Å². The first-order valence-electron chi connectivity index (χ1n) is 6.45. The van der Waals surface area contributed by atoms with Crippen molar-refractivity contribution in [2.45, 2.75) is 45.3 Å². The number of benzene rings is 1. The zero-order valence-corrected chi connectivity index (χ0v) is 10.7. The number of rotatable bonds is 3. The zero-order valence-electron chi connectivity index (χ0n) is 10.7. The van der Waals surface area contributed by atoms with Crippen LogP contribution in [-0.2, 0) is 11.3 Å². The summed E-state index contributed by atoms with van der Waals surface area (Å²) in [4.78, 5) is 13.4. The van der Waals surface area contributed by atoms with Crippen molar-refractivity contribution in [2.75, 3.05) is 0 Å². The molecule has 2 nitrogen and oxygen atoms in total. The minimum Gasteiger partial charge on any atom is -0.303 e. The van der Waals surface area contributed by atoms with E-state index in [-0.39, 0.29) is 5.92 Å². The Hall–Kier alpha value is -1.15. The summed E-state index contributed by atoms with van der Waals surface area (Å²) < 4.78 is 0. The highest BCUT2D eigenvalue weighted by atomic mass is 16.1. The minimum atomic E-state index is 0.257. The maximum Gasteiger partial charge on any atom is 0.123 e. The molecule has 0 aliphatic carbocycles. The fraction of sp³-hybridized carbons (Fsp3) is 0.533. The van der Waals surface area contributed by atoms with E-state index in [1.807, 2.05) is 0 Å². The van der Waals surface area contributed by atoms with E-state index in [1.165, 1.54) is 5.56 Å². The molecule has 0 bridgehead atoms. The summed E-state index contributed by atoms with van der Waals surface area (Å²) >= 11 is 0. The van der Waals surface area contributed by atoms with Crippen molar-refractivity contribution in [1.29, 1.82) is 0 Å². The summed E-state index contributed by atoms with van der Waals surface area (Å²) in [6.07, 6.45) is 3.13. The number of hydrogen-bond donors (Lipinski definition) is 0. The molecule has 1 saturated heterocycles. The molecule has 1 aliphatic heterocycles. The van der Waals surface area contributed by atoms with Gasteiger partial charge in [-0.3, -0.25) is 4.90 Å². The van der Waals surface area contributed by atoms with Crippen LogP contribution in [0.5, 0.6) is 0 Å². The fourth-order valence-electron chi connectivity index (χ4n) is 2.89. The third-order valence-corrected chi connectivity index (χ3v) is 3.82. The number of carbonyl (C=O) groups is 1. The van der Waals surface area contributed by atoms with Crippen molar-refractivity contribution < 1.29 is 4.79 Å². The molecule has 2 rings (SSSR count). The highest BCUT2D eigenvalue weighted by Crippen LogP contribution is 2.27. The van der Waals surface area contributed by atoms with Gasteiger partial charge in [-0.1, -0.05) is 30.3 Å². The molecule has 1 fully saturated rings. The van der Waals surface area contributed by atoms with Gasteiger partial charge in [0, 0.05) is 24.5 Å². The lowest BCUT2D eigenvalue weighted by Gasteiger charge is -2.41. The Morgan fingerprint density at radius 2 is 1.76 bits per heavy atom. The molecule has 1 aromatic rings. The Kier molecular flexibility index (Phi) is 3.95. The Bertz CT molecular complexity index is 350. The van der Waals surface area contributed by atoms with Gasteiger partial charge in [0.25, 0.3) is 0 Å². The lowest BCUT2D eigenvalue weighted by Crippen LogP contribution is -2.46. The van der Waals surface area contributed by atoms with Gasteiger partial charge in [0.15, 0.2) is 0 Å². The number of carbonyl (C=O) groups excluding carboxylic acids is 1. The van der Waals surface area contributed by atoms with Gasteiger partial charge in [0.2, 0.25) is 0 Å². The van der Waals surface area contributed by atoms with Gasteiger partial charge in [-0.05, 0) is 32.3 Å². The Balaban J connectivity index is 2.03. The SMILES string of the molecule is CC1CC(C=O)CC(C)N1Cc1ccccc1. The van der Waals surface area contributed by atoms with Gasteiger partial charge in [0.05, 0.1) is 0 Å². The maximum atomic E-state index is 10.9. The van der Waals surface area contributed by atoms with E-state index in [2.05, 4.69) is 49.1 Å².